The first-order valence-corrected chi connectivity index (χ1v) is 8.41. The van der Waals surface area contributed by atoms with Crippen LogP contribution < -0.4 is 15.4 Å². The Morgan fingerprint density at radius 3 is 2.15 bits per heavy atom. The fourth-order valence-corrected chi connectivity index (χ4v) is 2.43. The molecule has 0 atom stereocenters. The minimum atomic E-state index is -0.819. The van der Waals surface area contributed by atoms with Crippen molar-refractivity contribution in [2.45, 2.75) is 6.61 Å². The van der Waals surface area contributed by atoms with Crippen molar-refractivity contribution < 1.29 is 19.1 Å². The zero-order valence-corrected chi connectivity index (χ0v) is 14.8. The molecule has 1 aliphatic rings. The van der Waals surface area contributed by atoms with Gasteiger partial charge in [-0.1, -0.05) is 48.0 Å². The van der Waals surface area contributed by atoms with Crippen molar-refractivity contribution in [3.63, 3.8) is 0 Å². The summed E-state index contributed by atoms with van der Waals surface area (Å²) in [4.78, 5) is 34.2. The summed E-state index contributed by atoms with van der Waals surface area (Å²) in [6.45, 7) is 0.432. The highest BCUT2D eigenvalue weighted by Crippen LogP contribution is 2.16. The minimum absolute atomic E-state index is 0.131. The number of hydrogen-bond donors (Lipinski definition) is 2. The molecule has 6 nitrogen and oxygen atoms in total. The molecule has 0 unspecified atom stereocenters. The van der Waals surface area contributed by atoms with Gasteiger partial charge in [-0.15, -0.1) is 0 Å². The molecule has 3 rings (SSSR count). The molecule has 0 radical (unpaired) electrons. The van der Waals surface area contributed by atoms with Crippen molar-refractivity contribution in [2.24, 2.45) is 0 Å². The molecular weight excluding hydrogens is 368 g/mol. The van der Waals surface area contributed by atoms with Crippen molar-refractivity contribution >= 4 is 35.5 Å². The molecule has 1 fully saturated rings. The first-order chi connectivity index (χ1) is 13.0. The number of amides is 4. The molecule has 0 aromatic heterocycles. The van der Waals surface area contributed by atoms with Gasteiger partial charge < -0.3 is 4.74 Å². The highest BCUT2D eigenvalue weighted by molar-refractivity contribution is 6.30. The fraction of sp³-hybridized carbons (Fsp3) is 0.0500. The molecule has 136 valence electrons. The molecule has 1 heterocycles. The molecule has 7 heteroatoms. The first-order valence-electron chi connectivity index (χ1n) is 8.03. The largest absolute Gasteiger partial charge is 0.489 e. The third kappa shape index (κ3) is 5.05. The van der Waals surface area contributed by atoms with Crippen molar-refractivity contribution in [3.05, 3.63) is 82.4 Å². The van der Waals surface area contributed by atoms with Crippen LogP contribution in [0.2, 0.25) is 5.02 Å². The second-order valence-corrected chi connectivity index (χ2v) is 6.10. The van der Waals surface area contributed by atoms with Crippen LogP contribution in [0, 0.1) is 0 Å². The first kappa shape index (κ1) is 18.4. The molecule has 2 N–H and O–H groups in total. The van der Waals surface area contributed by atoms with E-state index in [1.807, 2.05) is 59.2 Å². The third-order valence-corrected chi connectivity index (χ3v) is 3.95. The Kier molecular flexibility index (Phi) is 5.68. The number of hydrogen-bond acceptors (Lipinski definition) is 4. The Labute approximate surface area is 160 Å². The van der Waals surface area contributed by atoms with Crippen molar-refractivity contribution in [1.29, 1.82) is 0 Å². The van der Waals surface area contributed by atoms with Gasteiger partial charge >= 0.3 is 6.03 Å². The Balaban J connectivity index is 1.58. The summed E-state index contributed by atoms with van der Waals surface area (Å²) in [5, 5.41) is 4.70. The lowest BCUT2D eigenvalue weighted by molar-refractivity contribution is -0.124. The van der Waals surface area contributed by atoms with Gasteiger partial charge in [-0.2, -0.15) is 0 Å². The van der Waals surface area contributed by atoms with Crippen LogP contribution in [0.25, 0.3) is 6.08 Å². The molecule has 0 saturated carbocycles. The molecule has 2 aromatic carbocycles. The van der Waals surface area contributed by atoms with E-state index in [2.05, 4.69) is 0 Å². The summed E-state index contributed by atoms with van der Waals surface area (Å²) in [7, 11) is 0. The van der Waals surface area contributed by atoms with E-state index in [9.17, 15) is 14.4 Å². The lowest BCUT2D eigenvalue weighted by Gasteiger charge is -2.12. The van der Waals surface area contributed by atoms with Crippen LogP contribution in [0.15, 0.2) is 66.3 Å². The van der Waals surface area contributed by atoms with Crippen LogP contribution >= 0.6 is 11.6 Å². The summed E-state index contributed by atoms with van der Waals surface area (Å²) >= 11 is 5.85. The van der Waals surface area contributed by atoms with Crippen LogP contribution in [0.4, 0.5) is 4.79 Å². The average Bonchev–Trinajstić information content (AvgIpc) is 2.64. The highest BCUT2D eigenvalue weighted by atomic mass is 35.5. The normalized spacial score (nSPS) is 14.1. The van der Waals surface area contributed by atoms with Crippen molar-refractivity contribution in [3.8, 4) is 5.75 Å². The monoisotopic (exact) mass is 382 g/mol. The summed E-state index contributed by atoms with van der Waals surface area (Å²) < 4.78 is 5.71. The van der Waals surface area contributed by atoms with Gasteiger partial charge in [0.25, 0.3) is 11.8 Å². The number of allylic oxidation sites excluding steroid dienone is 2. The number of carbonyl (C=O) groups excluding carboxylic acids is 3. The summed E-state index contributed by atoms with van der Waals surface area (Å²) in [5.41, 5.74) is 1.74. The van der Waals surface area contributed by atoms with Gasteiger partial charge in [0.15, 0.2) is 0 Å². The average molecular weight is 383 g/mol. The summed E-state index contributed by atoms with van der Waals surface area (Å²) in [6, 6.07) is 13.9. The van der Waals surface area contributed by atoms with Gasteiger partial charge in [0, 0.05) is 5.02 Å². The molecule has 0 aliphatic carbocycles. The van der Waals surface area contributed by atoms with Gasteiger partial charge in [-0.05, 0) is 41.5 Å². The Morgan fingerprint density at radius 1 is 0.889 bits per heavy atom. The zero-order chi connectivity index (χ0) is 19.2. The van der Waals surface area contributed by atoms with E-state index < -0.39 is 17.8 Å². The molecule has 1 aliphatic heterocycles. The Hall–Kier alpha value is -3.38. The van der Waals surface area contributed by atoms with Gasteiger partial charge in [-0.25, -0.2) is 4.79 Å². The summed E-state index contributed by atoms with van der Waals surface area (Å²) in [6.07, 6.45) is 4.64. The molecule has 4 amide bonds. The minimum Gasteiger partial charge on any atom is -0.489 e. The zero-order valence-electron chi connectivity index (χ0n) is 14.1. The molecule has 2 aromatic rings. The quantitative estimate of drug-likeness (QED) is 0.614. The Morgan fingerprint density at radius 2 is 1.52 bits per heavy atom. The number of carbonyl (C=O) groups is 3. The number of halogens is 1. The maximum absolute atomic E-state index is 11.6. The molecule has 27 heavy (non-hydrogen) atoms. The Bertz CT molecular complexity index is 909. The second-order valence-electron chi connectivity index (χ2n) is 5.66. The van der Waals surface area contributed by atoms with Gasteiger partial charge in [0.1, 0.15) is 17.9 Å². The number of barbiturate groups is 1. The molecular formula is C20H15ClN2O4. The van der Waals surface area contributed by atoms with E-state index in [1.165, 1.54) is 6.08 Å². The smallest absolute Gasteiger partial charge is 0.328 e. The number of benzene rings is 2. The summed E-state index contributed by atoms with van der Waals surface area (Å²) in [5.74, 6) is -0.733. The van der Waals surface area contributed by atoms with E-state index in [-0.39, 0.29) is 5.57 Å². The number of rotatable bonds is 5. The highest BCUT2D eigenvalue weighted by Gasteiger charge is 2.26. The van der Waals surface area contributed by atoms with Crippen molar-refractivity contribution in [2.75, 3.05) is 0 Å². The van der Waals surface area contributed by atoms with Crippen molar-refractivity contribution in [1.82, 2.24) is 10.6 Å². The predicted octanol–water partition coefficient (Wildman–Crippen LogP) is 3.22. The van der Waals surface area contributed by atoms with Gasteiger partial charge in [0.05, 0.1) is 0 Å². The number of ether oxygens (including phenoxy) is 1. The lowest BCUT2D eigenvalue weighted by Crippen LogP contribution is -2.51. The van der Waals surface area contributed by atoms with E-state index in [0.717, 1.165) is 11.1 Å². The topological polar surface area (TPSA) is 84.5 Å². The van der Waals surface area contributed by atoms with E-state index >= 15 is 0 Å². The molecule has 0 bridgehead atoms. The predicted molar refractivity (Wildman–Crippen MR) is 101 cm³/mol. The number of urea groups is 1. The number of nitrogens with one attached hydrogen (secondary N) is 2. The standard InChI is InChI=1S/C20H15ClN2O4/c21-15-8-4-14(5-9-15)12-27-16-10-6-13(7-11-16)2-1-3-17-18(24)22-20(26)23-19(17)25/h1-11H,12H2,(H2,22,23,24,25,26)/b2-1+. The van der Waals surface area contributed by atoms with Crippen LogP contribution in [0.1, 0.15) is 11.1 Å². The maximum Gasteiger partial charge on any atom is 0.328 e. The van der Waals surface area contributed by atoms with Crippen LogP contribution in [0.3, 0.4) is 0 Å². The van der Waals surface area contributed by atoms with Crippen LogP contribution in [-0.2, 0) is 16.2 Å². The lowest BCUT2D eigenvalue weighted by atomic mass is 10.1. The van der Waals surface area contributed by atoms with E-state index in [0.29, 0.717) is 17.4 Å². The van der Waals surface area contributed by atoms with E-state index in [1.54, 1.807) is 12.2 Å². The second kappa shape index (κ2) is 8.33. The fourth-order valence-electron chi connectivity index (χ4n) is 2.30. The SMILES string of the molecule is O=C1NC(=O)C(=C/C=C/c2ccc(OCc3ccc(Cl)cc3)cc2)C(=O)N1. The van der Waals surface area contributed by atoms with E-state index in [4.69, 9.17) is 16.3 Å². The maximum atomic E-state index is 11.6. The molecule has 0 spiro atoms. The van der Waals surface area contributed by atoms with Crippen LogP contribution in [0.5, 0.6) is 5.75 Å². The third-order valence-electron chi connectivity index (χ3n) is 3.69. The molecule has 1 saturated heterocycles. The van der Waals surface area contributed by atoms with Crippen LogP contribution in [-0.4, -0.2) is 17.8 Å². The van der Waals surface area contributed by atoms with Gasteiger partial charge in [-0.3, -0.25) is 20.2 Å². The van der Waals surface area contributed by atoms with Gasteiger partial charge in [0.2, 0.25) is 0 Å². The number of imide groups is 2.